The Morgan fingerprint density at radius 3 is 2.73 bits per heavy atom. The summed E-state index contributed by atoms with van der Waals surface area (Å²) in [4.78, 5) is 17.1. The maximum atomic E-state index is 13.0. The molecule has 0 radical (unpaired) electrons. The van der Waals surface area contributed by atoms with E-state index >= 15 is 0 Å². The molecule has 2 aromatic rings. The second-order valence-electron chi connectivity index (χ2n) is 9.33. The molecular weight excluding hydrogens is 416 g/mol. The van der Waals surface area contributed by atoms with Crippen LogP contribution < -0.4 is 0 Å². The predicted molar refractivity (Wildman–Crippen MR) is 120 cm³/mol. The van der Waals surface area contributed by atoms with Gasteiger partial charge >= 0.3 is 0 Å². The highest BCUT2D eigenvalue weighted by molar-refractivity contribution is 7.95. The first-order valence-corrected chi connectivity index (χ1v) is 13.2. The van der Waals surface area contributed by atoms with Gasteiger partial charge in [-0.3, -0.25) is 4.79 Å². The average molecular weight is 447 g/mol. The summed E-state index contributed by atoms with van der Waals surface area (Å²) in [6.45, 7) is 5.46. The highest BCUT2D eigenvalue weighted by Crippen LogP contribution is 2.44. The zero-order chi connectivity index (χ0) is 21.7. The number of nitrogens with one attached hydrogen (secondary N) is 1. The summed E-state index contributed by atoms with van der Waals surface area (Å²) in [5, 5.41) is 10.5. The Morgan fingerprint density at radius 2 is 2.10 bits per heavy atom. The number of thiazole rings is 1. The Morgan fingerprint density at radius 1 is 1.37 bits per heavy atom. The first-order valence-electron chi connectivity index (χ1n) is 10.7. The number of hydrogen-bond acceptors (Lipinski definition) is 6. The Bertz CT molecular complexity index is 1080. The monoisotopic (exact) mass is 446 g/mol. The van der Waals surface area contributed by atoms with Crippen LogP contribution >= 0.6 is 11.3 Å². The summed E-state index contributed by atoms with van der Waals surface area (Å²) in [7, 11) is -3.27. The van der Waals surface area contributed by atoms with Gasteiger partial charge in [0, 0.05) is 6.42 Å². The van der Waals surface area contributed by atoms with Crippen LogP contribution in [0.5, 0.6) is 0 Å². The molecule has 0 spiro atoms. The summed E-state index contributed by atoms with van der Waals surface area (Å²) in [6, 6.07) is 4.43. The molecule has 2 aliphatic carbocycles. The fourth-order valence-corrected chi connectivity index (χ4v) is 7.01. The average Bonchev–Trinajstić information content (AvgIpc) is 3.16. The molecule has 30 heavy (non-hydrogen) atoms. The fraction of sp³-hybridized carbons (Fsp3) is 0.565. The first kappa shape index (κ1) is 21.7. The van der Waals surface area contributed by atoms with Crippen molar-refractivity contribution in [1.82, 2.24) is 4.98 Å². The van der Waals surface area contributed by atoms with E-state index in [1.165, 1.54) is 35.7 Å². The third-order valence-electron chi connectivity index (χ3n) is 6.33. The number of aliphatic hydroxyl groups is 1. The molecule has 0 amide bonds. The summed E-state index contributed by atoms with van der Waals surface area (Å²) in [6.07, 6.45) is 7.31. The number of benzene rings is 1. The Balaban J connectivity index is 1.57. The third kappa shape index (κ3) is 4.39. The number of aromatic nitrogens is 1. The largest absolute Gasteiger partial charge is 0.383 e. The quantitative estimate of drug-likeness (QED) is 0.620. The molecule has 0 saturated heterocycles. The second-order valence-corrected chi connectivity index (χ2v) is 12.7. The minimum Gasteiger partial charge on any atom is -0.383 e. The van der Waals surface area contributed by atoms with Crippen LogP contribution in [0, 0.1) is 10.7 Å². The van der Waals surface area contributed by atoms with E-state index in [1.54, 1.807) is 13.8 Å². The second kappa shape index (κ2) is 7.84. The molecule has 0 bridgehead atoms. The molecule has 4 rings (SSSR count). The van der Waals surface area contributed by atoms with E-state index in [0.717, 1.165) is 36.2 Å². The Labute approximate surface area is 182 Å². The number of fused-ring (bicyclic) bond motifs is 1. The molecule has 1 aromatic heterocycles. The highest BCUT2D eigenvalue weighted by Gasteiger charge is 2.32. The normalized spacial score (nSPS) is 19.3. The van der Waals surface area contributed by atoms with Crippen molar-refractivity contribution in [2.45, 2.75) is 75.0 Å². The number of nitrogens with zero attached hydrogens (tertiary/aromatic N) is 1. The molecule has 1 aromatic carbocycles. The molecule has 1 saturated carbocycles. The molecular formula is C23H30N2O3S2. The van der Waals surface area contributed by atoms with Crippen LogP contribution in [0.4, 0.5) is 0 Å². The van der Waals surface area contributed by atoms with Crippen LogP contribution in [0.1, 0.15) is 73.2 Å². The molecule has 7 heteroatoms. The number of aryl methyl sites for hydroxylation is 1. The van der Waals surface area contributed by atoms with Crippen molar-refractivity contribution >= 4 is 26.8 Å². The number of carbonyl (C=O) groups is 1. The van der Waals surface area contributed by atoms with Gasteiger partial charge in [0.25, 0.3) is 0 Å². The van der Waals surface area contributed by atoms with Gasteiger partial charge in [0.05, 0.1) is 21.7 Å². The van der Waals surface area contributed by atoms with E-state index in [9.17, 15) is 14.1 Å². The SMILES string of the molecule is C[C@H](c1ccc2c(c1CC(=O)C[S@](=N)(=O)c1cnc(C(C)(C)O)s1)CCC2)C1CC1. The van der Waals surface area contributed by atoms with Gasteiger partial charge in [-0.2, -0.15) is 0 Å². The van der Waals surface area contributed by atoms with Crippen LogP contribution in [-0.2, 0) is 39.4 Å². The molecule has 0 unspecified atom stereocenters. The van der Waals surface area contributed by atoms with Crippen LogP contribution in [0.3, 0.4) is 0 Å². The number of rotatable bonds is 8. The minimum atomic E-state index is -3.27. The number of carbonyl (C=O) groups excluding carboxylic acids is 1. The van der Waals surface area contributed by atoms with E-state index in [0.29, 0.717) is 16.8 Å². The lowest BCUT2D eigenvalue weighted by Crippen LogP contribution is -2.19. The van der Waals surface area contributed by atoms with Gasteiger partial charge in [0.1, 0.15) is 14.8 Å². The molecule has 0 aliphatic heterocycles. The summed E-state index contributed by atoms with van der Waals surface area (Å²) in [5.74, 6) is 0.685. The van der Waals surface area contributed by atoms with Gasteiger partial charge in [-0.25, -0.2) is 14.0 Å². The first-order chi connectivity index (χ1) is 14.1. The van der Waals surface area contributed by atoms with Crippen LogP contribution in [0.2, 0.25) is 0 Å². The molecule has 1 heterocycles. The van der Waals surface area contributed by atoms with Gasteiger partial charge < -0.3 is 5.11 Å². The lowest BCUT2D eigenvalue weighted by Gasteiger charge is -2.19. The predicted octanol–water partition coefficient (Wildman–Crippen LogP) is 4.59. The topological polar surface area (TPSA) is 91.1 Å². The molecule has 2 N–H and O–H groups in total. The van der Waals surface area contributed by atoms with Gasteiger partial charge in [0.2, 0.25) is 0 Å². The van der Waals surface area contributed by atoms with Gasteiger partial charge in [0.15, 0.2) is 5.78 Å². The summed E-state index contributed by atoms with van der Waals surface area (Å²) >= 11 is 1.06. The maximum absolute atomic E-state index is 13.0. The van der Waals surface area contributed by atoms with Crippen molar-refractivity contribution in [2.75, 3.05) is 5.75 Å². The zero-order valence-corrected chi connectivity index (χ0v) is 19.5. The third-order valence-corrected chi connectivity index (χ3v) is 9.97. The number of ketones is 1. The smallest absolute Gasteiger partial charge is 0.151 e. The van der Waals surface area contributed by atoms with Gasteiger partial charge in [-0.05, 0) is 80.0 Å². The van der Waals surface area contributed by atoms with Crippen LogP contribution in [-0.4, -0.2) is 25.8 Å². The van der Waals surface area contributed by atoms with Gasteiger partial charge in [-0.1, -0.05) is 19.1 Å². The fourth-order valence-electron chi connectivity index (χ4n) is 4.49. The van der Waals surface area contributed by atoms with Crippen LogP contribution in [0.15, 0.2) is 22.5 Å². The summed E-state index contributed by atoms with van der Waals surface area (Å²) in [5.41, 5.74) is 3.90. The lowest BCUT2D eigenvalue weighted by atomic mass is 9.86. The van der Waals surface area contributed by atoms with E-state index < -0.39 is 15.3 Å². The van der Waals surface area contributed by atoms with Crippen molar-refractivity contribution in [3.05, 3.63) is 45.6 Å². The maximum Gasteiger partial charge on any atom is 0.151 e. The molecule has 1 fully saturated rings. The van der Waals surface area contributed by atoms with E-state index in [-0.39, 0.29) is 22.2 Å². The molecule has 5 nitrogen and oxygen atoms in total. The molecule has 2 atom stereocenters. The Kier molecular flexibility index (Phi) is 5.66. The van der Waals surface area contributed by atoms with Crippen molar-refractivity contribution < 1.29 is 14.1 Å². The number of Topliss-reactive ketones (excluding diaryl/α,β-unsaturated/α-hetero) is 1. The Hall–Kier alpha value is -1.57. The molecule has 162 valence electrons. The standard InChI is InChI=1S/C23H30N2O3S2/c1-14(15-7-8-15)18-10-9-16-5-4-6-19(16)20(18)11-17(26)13-30(24,28)21-12-25-22(29-21)23(2,3)27/h9-10,12,14-15,24,27H,4-8,11,13H2,1-3H3/t14-,30-/m0/s1. The van der Waals surface area contributed by atoms with Crippen LogP contribution in [0.25, 0.3) is 0 Å². The minimum absolute atomic E-state index is 0.155. The highest BCUT2D eigenvalue weighted by atomic mass is 32.2. The van der Waals surface area contributed by atoms with Crippen molar-refractivity contribution in [1.29, 1.82) is 4.78 Å². The van der Waals surface area contributed by atoms with Gasteiger partial charge in [-0.15, -0.1) is 11.3 Å². The van der Waals surface area contributed by atoms with Crippen molar-refractivity contribution in [3.63, 3.8) is 0 Å². The zero-order valence-electron chi connectivity index (χ0n) is 17.9. The van der Waals surface area contributed by atoms with E-state index in [4.69, 9.17) is 4.78 Å². The lowest BCUT2D eigenvalue weighted by molar-refractivity contribution is -0.116. The van der Waals surface area contributed by atoms with Crippen molar-refractivity contribution in [3.8, 4) is 0 Å². The summed E-state index contributed by atoms with van der Waals surface area (Å²) < 4.78 is 21.6. The number of hydrogen-bond donors (Lipinski definition) is 2. The molecule has 2 aliphatic rings. The van der Waals surface area contributed by atoms with Crippen molar-refractivity contribution in [2.24, 2.45) is 5.92 Å². The van der Waals surface area contributed by atoms with E-state index in [2.05, 4.69) is 24.0 Å². The van der Waals surface area contributed by atoms with E-state index in [1.807, 2.05) is 0 Å².